The summed E-state index contributed by atoms with van der Waals surface area (Å²) in [5.41, 5.74) is 8.99. The van der Waals surface area contributed by atoms with E-state index in [0.29, 0.717) is 12.1 Å². The van der Waals surface area contributed by atoms with Gasteiger partial charge in [0, 0.05) is 34.2 Å². The number of hydrogen-bond donors (Lipinski definition) is 2. The van der Waals surface area contributed by atoms with Gasteiger partial charge in [-0.05, 0) is 48.1 Å². The standard InChI is InChI=1S/C23H24N2O2S/c1-4-16-12-23(2,13-21(27)25(16)3)20-11-15-6-5-7-17(22(15)28-20)14-8-9-18(24)19(26)10-14/h4-11,26H,12-13,24H2,1-3H3/b16-4-/t23-/m0/s1. The van der Waals surface area contributed by atoms with Crippen LogP contribution in [0.4, 0.5) is 5.69 Å². The van der Waals surface area contributed by atoms with Crippen molar-refractivity contribution in [2.75, 3.05) is 12.8 Å². The Kier molecular flexibility index (Phi) is 4.42. The van der Waals surface area contributed by atoms with E-state index in [9.17, 15) is 9.90 Å². The van der Waals surface area contributed by atoms with Gasteiger partial charge >= 0.3 is 0 Å². The highest BCUT2D eigenvalue weighted by Crippen LogP contribution is 2.46. The minimum Gasteiger partial charge on any atom is -0.506 e. The molecule has 1 aliphatic heterocycles. The van der Waals surface area contributed by atoms with Crippen molar-refractivity contribution in [3.63, 3.8) is 0 Å². The number of thiophene rings is 1. The number of amides is 1. The number of phenols is 1. The zero-order valence-electron chi connectivity index (χ0n) is 16.3. The minimum atomic E-state index is -0.213. The molecule has 2 heterocycles. The predicted octanol–water partition coefficient (Wildman–Crippen LogP) is 5.27. The van der Waals surface area contributed by atoms with Gasteiger partial charge in [-0.2, -0.15) is 0 Å². The number of anilines is 1. The molecule has 1 fully saturated rings. The highest BCUT2D eigenvalue weighted by Gasteiger charge is 2.39. The molecule has 0 spiro atoms. The number of rotatable bonds is 2. The Hall–Kier alpha value is -2.79. The number of aromatic hydroxyl groups is 1. The molecule has 0 saturated carbocycles. The maximum atomic E-state index is 12.6. The molecule has 1 saturated heterocycles. The topological polar surface area (TPSA) is 66.6 Å². The molecule has 0 radical (unpaired) electrons. The van der Waals surface area contributed by atoms with Crippen molar-refractivity contribution in [1.29, 1.82) is 0 Å². The molecule has 144 valence electrons. The Morgan fingerprint density at radius 3 is 2.71 bits per heavy atom. The van der Waals surface area contributed by atoms with Crippen molar-refractivity contribution in [3.8, 4) is 16.9 Å². The second-order valence-electron chi connectivity index (χ2n) is 7.76. The average molecular weight is 393 g/mol. The van der Waals surface area contributed by atoms with Crippen LogP contribution in [0.15, 0.2) is 54.2 Å². The lowest BCUT2D eigenvalue weighted by atomic mass is 9.77. The maximum absolute atomic E-state index is 12.6. The number of nitrogens with two attached hydrogens (primary N) is 1. The summed E-state index contributed by atoms with van der Waals surface area (Å²) < 4.78 is 1.16. The zero-order valence-corrected chi connectivity index (χ0v) is 17.1. The van der Waals surface area contributed by atoms with Crippen LogP contribution in [0, 0.1) is 0 Å². The number of benzene rings is 2. The molecule has 28 heavy (non-hydrogen) atoms. The number of hydrogen-bond acceptors (Lipinski definition) is 4. The van der Waals surface area contributed by atoms with Crippen LogP contribution in [0.5, 0.6) is 5.75 Å². The number of nitrogen functional groups attached to an aromatic ring is 1. The van der Waals surface area contributed by atoms with Crippen LogP contribution in [0.1, 0.15) is 31.6 Å². The van der Waals surface area contributed by atoms with Crippen LogP contribution >= 0.6 is 11.3 Å². The number of carbonyl (C=O) groups excluding carboxylic acids is 1. The smallest absolute Gasteiger partial charge is 0.227 e. The average Bonchev–Trinajstić information content (AvgIpc) is 3.12. The van der Waals surface area contributed by atoms with Crippen LogP contribution in [0.2, 0.25) is 0 Å². The molecule has 3 aromatic rings. The molecule has 0 bridgehead atoms. The lowest BCUT2D eigenvalue weighted by Gasteiger charge is -2.38. The van der Waals surface area contributed by atoms with Gasteiger partial charge in [0.15, 0.2) is 0 Å². The van der Waals surface area contributed by atoms with E-state index >= 15 is 0 Å². The van der Waals surface area contributed by atoms with E-state index in [-0.39, 0.29) is 17.1 Å². The Balaban J connectivity index is 1.82. The number of phenolic OH excluding ortho intramolecular Hbond substituents is 1. The van der Waals surface area contributed by atoms with Crippen molar-refractivity contribution in [1.82, 2.24) is 4.90 Å². The summed E-state index contributed by atoms with van der Waals surface area (Å²) in [5, 5.41) is 11.2. The molecule has 1 amide bonds. The molecular formula is C23H24N2O2S. The van der Waals surface area contributed by atoms with Gasteiger partial charge in [0.25, 0.3) is 0 Å². The van der Waals surface area contributed by atoms with E-state index in [2.05, 4.69) is 25.1 Å². The van der Waals surface area contributed by atoms with Crippen LogP contribution < -0.4 is 5.73 Å². The summed E-state index contributed by atoms with van der Waals surface area (Å²) in [6, 6.07) is 13.8. The molecule has 2 aromatic carbocycles. The molecule has 1 aliphatic rings. The second kappa shape index (κ2) is 6.67. The lowest BCUT2D eigenvalue weighted by molar-refractivity contribution is -0.131. The first-order chi connectivity index (χ1) is 13.3. The molecule has 1 aromatic heterocycles. The maximum Gasteiger partial charge on any atom is 0.227 e. The third kappa shape index (κ3) is 2.96. The number of likely N-dealkylation sites (tertiary alicyclic amines) is 1. The second-order valence-corrected chi connectivity index (χ2v) is 8.81. The van der Waals surface area contributed by atoms with Gasteiger partial charge in [0.2, 0.25) is 5.91 Å². The lowest BCUT2D eigenvalue weighted by Crippen LogP contribution is -2.41. The number of allylic oxidation sites excluding steroid dienone is 2. The van der Waals surface area contributed by atoms with Crippen molar-refractivity contribution in [2.24, 2.45) is 0 Å². The van der Waals surface area contributed by atoms with E-state index in [0.717, 1.165) is 33.3 Å². The number of piperidine rings is 1. The molecule has 4 nitrogen and oxygen atoms in total. The Labute approximate surface area is 168 Å². The zero-order chi connectivity index (χ0) is 20.1. The first kappa shape index (κ1) is 18.6. The molecule has 1 atom stereocenters. The summed E-state index contributed by atoms with van der Waals surface area (Å²) in [6.45, 7) is 4.17. The Bertz CT molecular complexity index is 1110. The highest BCUT2D eigenvalue weighted by molar-refractivity contribution is 7.19. The van der Waals surface area contributed by atoms with Gasteiger partial charge in [0.1, 0.15) is 5.75 Å². The van der Waals surface area contributed by atoms with Gasteiger partial charge in [-0.3, -0.25) is 4.79 Å². The molecule has 3 N–H and O–H groups in total. The van der Waals surface area contributed by atoms with E-state index in [4.69, 9.17) is 5.73 Å². The van der Waals surface area contributed by atoms with E-state index in [1.807, 2.05) is 32.2 Å². The largest absolute Gasteiger partial charge is 0.506 e. The molecular weight excluding hydrogens is 368 g/mol. The first-order valence-electron chi connectivity index (χ1n) is 9.36. The van der Waals surface area contributed by atoms with Gasteiger partial charge < -0.3 is 15.7 Å². The van der Waals surface area contributed by atoms with Crippen molar-refractivity contribution in [3.05, 3.63) is 59.1 Å². The monoisotopic (exact) mass is 392 g/mol. The summed E-state index contributed by atoms with van der Waals surface area (Å²) in [6.07, 6.45) is 3.38. The third-order valence-corrected chi connectivity index (χ3v) is 7.22. The third-order valence-electron chi connectivity index (χ3n) is 5.73. The Morgan fingerprint density at radius 2 is 2.00 bits per heavy atom. The van der Waals surface area contributed by atoms with E-state index < -0.39 is 0 Å². The highest BCUT2D eigenvalue weighted by atomic mass is 32.1. The number of nitrogens with zero attached hydrogens (tertiary/aromatic N) is 1. The van der Waals surface area contributed by atoms with Gasteiger partial charge in [-0.1, -0.05) is 37.3 Å². The number of carbonyl (C=O) groups is 1. The van der Waals surface area contributed by atoms with Crippen molar-refractivity contribution >= 4 is 33.0 Å². The first-order valence-corrected chi connectivity index (χ1v) is 10.2. The van der Waals surface area contributed by atoms with Crippen molar-refractivity contribution in [2.45, 2.75) is 32.1 Å². The minimum absolute atomic E-state index is 0.0943. The molecule has 0 aliphatic carbocycles. The fourth-order valence-corrected chi connectivity index (χ4v) is 5.30. The van der Waals surface area contributed by atoms with Gasteiger partial charge in [-0.15, -0.1) is 11.3 Å². The van der Waals surface area contributed by atoms with E-state index in [1.54, 1.807) is 28.4 Å². The van der Waals surface area contributed by atoms with Crippen LogP contribution in [-0.2, 0) is 10.2 Å². The SMILES string of the molecule is C/C=C1/C[C@](C)(c2cc3cccc(-c4ccc(N)c(O)c4)c3s2)CC(=O)N1C. The van der Waals surface area contributed by atoms with Crippen LogP contribution in [0.3, 0.4) is 0 Å². The van der Waals surface area contributed by atoms with E-state index in [1.165, 1.54) is 4.88 Å². The normalized spacial score (nSPS) is 21.6. The van der Waals surface area contributed by atoms with Crippen LogP contribution in [-0.4, -0.2) is 23.0 Å². The Morgan fingerprint density at radius 1 is 1.21 bits per heavy atom. The predicted molar refractivity (Wildman–Crippen MR) is 116 cm³/mol. The summed E-state index contributed by atoms with van der Waals surface area (Å²) in [5.74, 6) is 0.250. The summed E-state index contributed by atoms with van der Waals surface area (Å²) in [4.78, 5) is 15.6. The van der Waals surface area contributed by atoms with Crippen LogP contribution in [0.25, 0.3) is 21.2 Å². The number of fused-ring (bicyclic) bond motifs is 1. The summed E-state index contributed by atoms with van der Waals surface area (Å²) >= 11 is 1.74. The fourth-order valence-electron chi connectivity index (χ4n) is 3.96. The van der Waals surface area contributed by atoms with Gasteiger partial charge in [0.05, 0.1) is 5.69 Å². The quantitative estimate of drug-likeness (QED) is 0.461. The molecule has 5 heteroatoms. The molecule has 4 rings (SSSR count). The summed E-state index contributed by atoms with van der Waals surface area (Å²) in [7, 11) is 1.86. The fraction of sp³-hybridized carbons (Fsp3) is 0.261. The molecule has 0 unspecified atom stereocenters. The van der Waals surface area contributed by atoms with Gasteiger partial charge in [-0.25, -0.2) is 0 Å². The van der Waals surface area contributed by atoms with Crippen molar-refractivity contribution < 1.29 is 9.90 Å².